The molecule has 0 saturated carbocycles. The van der Waals surface area contributed by atoms with Crippen LogP contribution in [0.1, 0.15) is 44.5 Å². The first kappa shape index (κ1) is 17.9. The van der Waals surface area contributed by atoms with Crippen LogP contribution < -0.4 is 4.72 Å². The fourth-order valence-corrected chi connectivity index (χ4v) is 4.79. The molecule has 7 nitrogen and oxygen atoms in total. The molecule has 0 aliphatic carbocycles. The molecule has 130 valence electrons. The van der Waals surface area contributed by atoms with E-state index in [9.17, 15) is 13.2 Å². The summed E-state index contributed by atoms with van der Waals surface area (Å²) >= 11 is 0. The molecule has 1 aliphatic rings. The molecule has 0 aromatic carbocycles. The van der Waals surface area contributed by atoms with Gasteiger partial charge >= 0.3 is 0 Å². The van der Waals surface area contributed by atoms with E-state index in [-0.39, 0.29) is 16.8 Å². The fraction of sp³-hybridized carbons (Fsp3) is 0.733. The van der Waals surface area contributed by atoms with E-state index in [1.54, 1.807) is 32.7 Å². The van der Waals surface area contributed by atoms with Gasteiger partial charge in [-0.2, -0.15) is 9.82 Å². The third kappa shape index (κ3) is 3.58. The van der Waals surface area contributed by atoms with Crippen molar-refractivity contribution >= 4 is 15.9 Å². The minimum Gasteiger partial charge on any atom is -0.339 e. The van der Waals surface area contributed by atoms with E-state index < -0.39 is 16.1 Å². The van der Waals surface area contributed by atoms with Gasteiger partial charge in [0.15, 0.2) is 0 Å². The van der Waals surface area contributed by atoms with Crippen LogP contribution in [-0.4, -0.2) is 47.6 Å². The number of hydrogen-bond acceptors (Lipinski definition) is 4. The SMILES string of the molecule is Cc1nn(C)c(C)c1S(=O)(=O)NC(C)C(=O)N1CCCCC1C. The number of likely N-dealkylation sites (tertiary alicyclic amines) is 1. The fourth-order valence-electron chi connectivity index (χ4n) is 3.16. The molecule has 2 heterocycles. The van der Waals surface area contributed by atoms with Crippen molar-refractivity contribution in [2.75, 3.05) is 6.54 Å². The summed E-state index contributed by atoms with van der Waals surface area (Å²) in [5.74, 6) is -0.167. The smallest absolute Gasteiger partial charge is 0.244 e. The van der Waals surface area contributed by atoms with Crippen molar-refractivity contribution in [1.29, 1.82) is 0 Å². The Morgan fingerprint density at radius 2 is 2.00 bits per heavy atom. The molecular weight excluding hydrogens is 316 g/mol. The lowest BCUT2D eigenvalue weighted by Gasteiger charge is -2.35. The van der Waals surface area contributed by atoms with Crippen molar-refractivity contribution in [2.24, 2.45) is 7.05 Å². The number of carbonyl (C=O) groups is 1. The van der Waals surface area contributed by atoms with E-state index in [2.05, 4.69) is 9.82 Å². The Labute approximate surface area is 138 Å². The maximum atomic E-state index is 12.6. The largest absolute Gasteiger partial charge is 0.339 e. The predicted molar refractivity (Wildman–Crippen MR) is 87.5 cm³/mol. The second-order valence-electron chi connectivity index (χ2n) is 6.34. The number of nitrogens with zero attached hydrogens (tertiary/aromatic N) is 3. The minimum atomic E-state index is -3.78. The zero-order valence-electron chi connectivity index (χ0n) is 14.5. The molecule has 1 aliphatic heterocycles. The maximum absolute atomic E-state index is 12.6. The zero-order valence-corrected chi connectivity index (χ0v) is 15.3. The zero-order chi connectivity index (χ0) is 17.4. The molecule has 1 N–H and O–H groups in total. The Bertz CT molecular complexity index is 696. The van der Waals surface area contributed by atoms with Gasteiger partial charge in [-0.25, -0.2) is 8.42 Å². The summed E-state index contributed by atoms with van der Waals surface area (Å²) in [6.07, 6.45) is 3.04. The second-order valence-corrected chi connectivity index (χ2v) is 7.99. The number of aromatic nitrogens is 2. The summed E-state index contributed by atoms with van der Waals surface area (Å²) in [5.41, 5.74) is 0.990. The highest BCUT2D eigenvalue weighted by molar-refractivity contribution is 7.89. The highest BCUT2D eigenvalue weighted by Gasteiger charge is 2.32. The molecule has 2 atom stereocenters. The Hall–Kier alpha value is -1.41. The highest BCUT2D eigenvalue weighted by Crippen LogP contribution is 2.20. The van der Waals surface area contributed by atoms with Gasteiger partial charge in [-0.3, -0.25) is 9.48 Å². The maximum Gasteiger partial charge on any atom is 0.244 e. The molecule has 0 bridgehead atoms. The Kier molecular flexibility index (Phi) is 5.15. The Balaban J connectivity index is 2.18. The van der Waals surface area contributed by atoms with Gasteiger partial charge in [0, 0.05) is 19.6 Å². The summed E-state index contributed by atoms with van der Waals surface area (Å²) in [7, 11) is -2.08. The molecule has 0 radical (unpaired) electrons. The van der Waals surface area contributed by atoms with Gasteiger partial charge in [-0.1, -0.05) is 0 Å². The van der Waals surface area contributed by atoms with Crippen molar-refractivity contribution in [3.8, 4) is 0 Å². The first-order valence-corrected chi connectivity index (χ1v) is 9.46. The molecule has 1 amide bonds. The molecule has 1 saturated heterocycles. The standard InChI is InChI=1S/C15H26N4O3S/c1-10-8-6-7-9-19(10)15(20)12(3)17-23(21,22)14-11(2)16-18(5)13(14)4/h10,12,17H,6-9H2,1-5H3. The van der Waals surface area contributed by atoms with Crippen LogP contribution in [-0.2, 0) is 21.9 Å². The molecule has 2 unspecified atom stereocenters. The van der Waals surface area contributed by atoms with E-state index in [1.807, 2.05) is 6.92 Å². The summed E-state index contributed by atoms with van der Waals surface area (Å²) in [6.45, 7) is 7.65. The molecule has 1 aromatic rings. The second kappa shape index (κ2) is 6.60. The quantitative estimate of drug-likeness (QED) is 0.888. The van der Waals surface area contributed by atoms with E-state index in [1.165, 1.54) is 4.68 Å². The van der Waals surface area contributed by atoms with Crippen LogP contribution in [0.4, 0.5) is 0 Å². The van der Waals surface area contributed by atoms with Crippen molar-refractivity contribution in [1.82, 2.24) is 19.4 Å². The number of aryl methyl sites for hydroxylation is 2. The molecule has 2 rings (SSSR count). The van der Waals surface area contributed by atoms with E-state index in [0.29, 0.717) is 17.9 Å². The normalized spacial score (nSPS) is 20.6. The van der Waals surface area contributed by atoms with Gasteiger partial charge in [0.2, 0.25) is 15.9 Å². The first-order valence-electron chi connectivity index (χ1n) is 7.98. The van der Waals surface area contributed by atoms with Crippen LogP contribution in [0, 0.1) is 13.8 Å². The number of hydrogen-bond donors (Lipinski definition) is 1. The van der Waals surface area contributed by atoms with Crippen LogP contribution in [0.25, 0.3) is 0 Å². The third-order valence-electron chi connectivity index (χ3n) is 4.50. The van der Waals surface area contributed by atoms with E-state index in [0.717, 1.165) is 19.3 Å². The van der Waals surface area contributed by atoms with Crippen LogP contribution in [0.2, 0.25) is 0 Å². The summed E-state index contributed by atoms with van der Waals surface area (Å²) < 4.78 is 29.3. The van der Waals surface area contributed by atoms with Gasteiger partial charge in [0.05, 0.1) is 17.4 Å². The Morgan fingerprint density at radius 3 is 2.52 bits per heavy atom. The molecule has 8 heteroatoms. The number of rotatable bonds is 4. The number of nitrogens with one attached hydrogen (secondary N) is 1. The summed E-state index contributed by atoms with van der Waals surface area (Å²) in [4.78, 5) is 14.5. The third-order valence-corrected chi connectivity index (χ3v) is 6.29. The molecule has 1 aromatic heterocycles. The van der Waals surface area contributed by atoms with Gasteiger partial charge in [0.25, 0.3) is 0 Å². The molecular formula is C15H26N4O3S. The van der Waals surface area contributed by atoms with Gasteiger partial charge in [-0.05, 0) is 47.0 Å². The highest BCUT2D eigenvalue weighted by atomic mass is 32.2. The minimum absolute atomic E-state index is 0.157. The first-order chi connectivity index (χ1) is 10.6. The van der Waals surface area contributed by atoms with Gasteiger partial charge < -0.3 is 4.90 Å². The van der Waals surface area contributed by atoms with E-state index in [4.69, 9.17) is 0 Å². The predicted octanol–water partition coefficient (Wildman–Crippen LogP) is 1.10. The lowest BCUT2D eigenvalue weighted by atomic mass is 10.0. The number of amides is 1. The average molecular weight is 342 g/mol. The topological polar surface area (TPSA) is 84.3 Å². The van der Waals surface area contributed by atoms with Crippen molar-refractivity contribution in [2.45, 2.75) is 63.9 Å². The van der Waals surface area contributed by atoms with Crippen LogP contribution >= 0.6 is 0 Å². The number of piperidine rings is 1. The van der Waals surface area contributed by atoms with Crippen LogP contribution in [0.3, 0.4) is 0 Å². The average Bonchev–Trinajstić information content (AvgIpc) is 2.71. The van der Waals surface area contributed by atoms with Gasteiger partial charge in [0.1, 0.15) is 4.90 Å². The lowest BCUT2D eigenvalue weighted by molar-refractivity contribution is -0.135. The summed E-state index contributed by atoms with van der Waals surface area (Å²) in [5, 5.41) is 4.13. The summed E-state index contributed by atoms with van der Waals surface area (Å²) in [6, 6.07) is -0.635. The Morgan fingerprint density at radius 1 is 1.35 bits per heavy atom. The molecule has 23 heavy (non-hydrogen) atoms. The van der Waals surface area contributed by atoms with E-state index >= 15 is 0 Å². The van der Waals surface area contributed by atoms with Crippen molar-refractivity contribution < 1.29 is 13.2 Å². The monoisotopic (exact) mass is 342 g/mol. The van der Waals surface area contributed by atoms with Gasteiger partial charge in [-0.15, -0.1) is 0 Å². The number of carbonyl (C=O) groups excluding carboxylic acids is 1. The lowest BCUT2D eigenvalue weighted by Crippen LogP contribution is -2.51. The van der Waals surface area contributed by atoms with Crippen LogP contribution in [0.5, 0.6) is 0 Å². The molecule has 0 spiro atoms. The molecule has 1 fully saturated rings. The van der Waals surface area contributed by atoms with Crippen molar-refractivity contribution in [3.63, 3.8) is 0 Å². The van der Waals surface area contributed by atoms with Crippen molar-refractivity contribution in [3.05, 3.63) is 11.4 Å². The number of sulfonamides is 1. The van der Waals surface area contributed by atoms with Crippen LogP contribution in [0.15, 0.2) is 4.90 Å².